The molecule has 0 spiro atoms. The van der Waals surface area contributed by atoms with E-state index in [-0.39, 0.29) is 0 Å². The van der Waals surface area contributed by atoms with Crippen LogP contribution in [0, 0.1) is 24.7 Å². The Bertz CT molecular complexity index is 86.7. The first-order chi connectivity index (χ1) is 4.31. The van der Waals surface area contributed by atoms with Gasteiger partial charge in [-0.2, -0.15) is 0 Å². The van der Waals surface area contributed by atoms with Gasteiger partial charge in [0.2, 0.25) is 0 Å². The largest absolute Gasteiger partial charge is 0.120 e. The second-order valence-electron chi connectivity index (χ2n) is 2.45. The van der Waals surface area contributed by atoms with Gasteiger partial charge in [-0.05, 0) is 18.8 Å². The Morgan fingerprint density at radius 3 is 2.78 bits per heavy atom. The van der Waals surface area contributed by atoms with Crippen LogP contribution in [0.15, 0.2) is 0 Å². The maximum Gasteiger partial charge on any atom is 0.0117 e. The molecule has 0 saturated carbocycles. The van der Waals surface area contributed by atoms with E-state index in [0.717, 1.165) is 12.3 Å². The van der Waals surface area contributed by atoms with Gasteiger partial charge in [-0.15, -0.1) is 12.3 Å². The molecule has 0 saturated heterocycles. The van der Waals surface area contributed by atoms with Gasteiger partial charge in [0.05, 0.1) is 0 Å². The lowest BCUT2D eigenvalue weighted by Gasteiger charge is -2.03. The monoisotopic (exact) mass is 123 g/mol. The number of terminal acetylenes is 1. The summed E-state index contributed by atoms with van der Waals surface area (Å²) in [5, 5.41) is 0. The Morgan fingerprint density at radius 1 is 1.67 bits per heavy atom. The van der Waals surface area contributed by atoms with Crippen molar-refractivity contribution in [2.45, 2.75) is 33.1 Å². The van der Waals surface area contributed by atoms with Crippen LogP contribution in [0.3, 0.4) is 0 Å². The predicted octanol–water partition coefficient (Wildman–Crippen LogP) is 2.65. The molecule has 51 valence electrons. The van der Waals surface area contributed by atoms with E-state index in [1.54, 1.807) is 0 Å². The highest BCUT2D eigenvalue weighted by Crippen LogP contribution is 2.08. The third-order valence-corrected chi connectivity index (χ3v) is 1.53. The topological polar surface area (TPSA) is 0 Å². The van der Waals surface area contributed by atoms with Gasteiger partial charge in [0, 0.05) is 6.42 Å². The van der Waals surface area contributed by atoms with Crippen LogP contribution in [0.5, 0.6) is 0 Å². The van der Waals surface area contributed by atoms with Gasteiger partial charge in [-0.1, -0.05) is 20.3 Å². The fraction of sp³-hybridized carbons (Fsp3) is 0.667. The minimum absolute atomic E-state index is 0.804. The van der Waals surface area contributed by atoms with E-state index < -0.39 is 0 Å². The van der Waals surface area contributed by atoms with Crippen molar-refractivity contribution in [3.05, 3.63) is 6.42 Å². The Kier molecular flexibility index (Phi) is 5.41. The fourth-order valence-corrected chi connectivity index (χ4v) is 0.618. The molecular weight excluding hydrogens is 108 g/mol. The van der Waals surface area contributed by atoms with Gasteiger partial charge >= 0.3 is 0 Å². The SMILES string of the molecule is C#CC[CH]CC(C)CC. The Morgan fingerprint density at radius 2 is 2.33 bits per heavy atom. The summed E-state index contributed by atoms with van der Waals surface area (Å²) in [6.45, 7) is 4.45. The molecule has 0 aliphatic carbocycles. The Balaban J connectivity index is 2.99. The van der Waals surface area contributed by atoms with E-state index in [1.807, 2.05) is 0 Å². The summed E-state index contributed by atoms with van der Waals surface area (Å²) < 4.78 is 0. The minimum Gasteiger partial charge on any atom is -0.120 e. The molecule has 9 heavy (non-hydrogen) atoms. The Labute approximate surface area is 58.7 Å². The molecule has 0 amide bonds. The molecule has 0 aromatic rings. The van der Waals surface area contributed by atoms with Crippen LogP contribution in [0.2, 0.25) is 0 Å². The third-order valence-electron chi connectivity index (χ3n) is 1.53. The molecule has 0 aromatic heterocycles. The number of hydrogen-bond donors (Lipinski definition) is 0. The van der Waals surface area contributed by atoms with Crippen LogP contribution < -0.4 is 0 Å². The second kappa shape index (κ2) is 5.69. The van der Waals surface area contributed by atoms with Crippen LogP contribution in [-0.4, -0.2) is 0 Å². The molecule has 0 heteroatoms. The molecule has 1 unspecified atom stereocenters. The van der Waals surface area contributed by atoms with Gasteiger partial charge < -0.3 is 0 Å². The lowest BCUT2D eigenvalue weighted by molar-refractivity contribution is 0.550. The smallest absolute Gasteiger partial charge is 0.0117 e. The molecule has 0 N–H and O–H groups in total. The summed E-state index contributed by atoms with van der Waals surface area (Å²) in [7, 11) is 0. The first kappa shape index (κ1) is 8.56. The van der Waals surface area contributed by atoms with Crippen molar-refractivity contribution in [3.8, 4) is 12.3 Å². The molecule has 0 aliphatic rings. The van der Waals surface area contributed by atoms with Crippen molar-refractivity contribution in [1.82, 2.24) is 0 Å². The summed E-state index contributed by atoms with van der Waals surface area (Å²) in [6, 6.07) is 0. The van der Waals surface area contributed by atoms with Gasteiger partial charge in [0.1, 0.15) is 0 Å². The number of hydrogen-bond acceptors (Lipinski definition) is 0. The van der Waals surface area contributed by atoms with Crippen molar-refractivity contribution >= 4 is 0 Å². The van der Waals surface area contributed by atoms with Gasteiger partial charge in [-0.25, -0.2) is 0 Å². The van der Waals surface area contributed by atoms with Crippen molar-refractivity contribution in [2.75, 3.05) is 0 Å². The standard InChI is InChI=1S/C9H15/c1-4-6-7-8-9(3)5-2/h1,7,9H,5-6,8H2,2-3H3. The summed E-state index contributed by atoms with van der Waals surface area (Å²) in [5.41, 5.74) is 0. The zero-order chi connectivity index (χ0) is 7.11. The zero-order valence-corrected chi connectivity index (χ0v) is 6.35. The molecule has 0 heterocycles. The maximum absolute atomic E-state index is 5.07. The second-order valence-corrected chi connectivity index (χ2v) is 2.45. The highest BCUT2D eigenvalue weighted by Gasteiger charge is 1.95. The summed E-state index contributed by atoms with van der Waals surface area (Å²) in [6.07, 6.45) is 10.5. The first-order valence-electron chi connectivity index (χ1n) is 3.56. The minimum atomic E-state index is 0.804. The maximum atomic E-state index is 5.07. The van der Waals surface area contributed by atoms with Gasteiger partial charge in [0.25, 0.3) is 0 Å². The molecule has 0 bridgehead atoms. The van der Waals surface area contributed by atoms with E-state index in [0.29, 0.717) is 0 Å². The van der Waals surface area contributed by atoms with Gasteiger partial charge in [-0.3, -0.25) is 0 Å². The summed E-state index contributed by atoms with van der Waals surface area (Å²) >= 11 is 0. The Hall–Kier alpha value is -0.440. The van der Waals surface area contributed by atoms with Crippen LogP contribution in [0.4, 0.5) is 0 Å². The van der Waals surface area contributed by atoms with E-state index in [2.05, 4.69) is 26.2 Å². The fourth-order valence-electron chi connectivity index (χ4n) is 0.618. The lowest BCUT2D eigenvalue weighted by Crippen LogP contribution is -1.90. The average Bonchev–Trinajstić information content (AvgIpc) is 1.89. The first-order valence-corrected chi connectivity index (χ1v) is 3.56. The molecule has 0 aliphatic heterocycles. The van der Waals surface area contributed by atoms with Gasteiger partial charge in [0.15, 0.2) is 0 Å². The lowest BCUT2D eigenvalue weighted by atomic mass is 10.0. The molecule has 0 nitrogen and oxygen atoms in total. The van der Waals surface area contributed by atoms with E-state index >= 15 is 0 Å². The third kappa shape index (κ3) is 5.43. The van der Waals surface area contributed by atoms with Crippen LogP contribution >= 0.6 is 0 Å². The normalized spacial score (nSPS) is 12.6. The predicted molar refractivity (Wildman–Crippen MR) is 41.8 cm³/mol. The van der Waals surface area contributed by atoms with Crippen LogP contribution in [-0.2, 0) is 0 Å². The van der Waals surface area contributed by atoms with Crippen molar-refractivity contribution < 1.29 is 0 Å². The number of unbranched alkanes of at least 4 members (excludes halogenated alkanes) is 1. The molecule has 0 aromatic carbocycles. The molecule has 0 fully saturated rings. The van der Waals surface area contributed by atoms with E-state index in [4.69, 9.17) is 6.42 Å². The highest BCUT2D eigenvalue weighted by molar-refractivity contribution is 4.90. The van der Waals surface area contributed by atoms with E-state index in [9.17, 15) is 0 Å². The molecule has 0 rings (SSSR count). The summed E-state index contributed by atoms with van der Waals surface area (Å²) in [5.74, 6) is 3.40. The zero-order valence-electron chi connectivity index (χ0n) is 6.35. The highest BCUT2D eigenvalue weighted by atomic mass is 14.0. The molecular formula is C9H15. The van der Waals surface area contributed by atoms with Crippen LogP contribution in [0.1, 0.15) is 33.1 Å². The van der Waals surface area contributed by atoms with Crippen molar-refractivity contribution in [1.29, 1.82) is 0 Å². The number of rotatable bonds is 4. The average molecular weight is 123 g/mol. The molecule has 1 atom stereocenters. The summed E-state index contributed by atoms with van der Waals surface area (Å²) in [4.78, 5) is 0. The van der Waals surface area contributed by atoms with Crippen molar-refractivity contribution in [3.63, 3.8) is 0 Å². The quantitative estimate of drug-likeness (QED) is 0.398. The molecule has 1 radical (unpaired) electrons. The van der Waals surface area contributed by atoms with E-state index in [1.165, 1.54) is 12.8 Å². The van der Waals surface area contributed by atoms with Crippen LogP contribution in [0.25, 0.3) is 0 Å². The van der Waals surface area contributed by atoms with Crippen molar-refractivity contribution in [2.24, 2.45) is 5.92 Å².